The number of ether oxygens (including phenoxy) is 2. The molecular formula is C43H29NO4. The van der Waals surface area contributed by atoms with Crippen LogP contribution in [0.4, 0.5) is 17.1 Å². The summed E-state index contributed by atoms with van der Waals surface area (Å²) in [6.07, 6.45) is 0. The van der Waals surface area contributed by atoms with Crippen LogP contribution in [0.2, 0.25) is 0 Å². The molecule has 2 aliphatic heterocycles. The van der Waals surface area contributed by atoms with Crippen molar-refractivity contribution in [1.82, 2.24) is 0 Å². The lowest BCUT2D eigenvalue weighted by atomic mass is 9.81. The molecule has 0 aromatic heterocycles. The van der Waals surface area contributed by atoms with Crippen molar-refractivity contribution in [3.63, 3.8) is 0 Å². The maximum atomic E-state index is 13.4. The summed E-state index contributed by atoms with van der Waals surface area (Å²) < 4.78 is 11.6. The number of esters is 2. The molecule has 0 atom stereocenters. The van der Waals surface area contributed by atoms with E-state index in [2.05, 4.69) is 97.6 Å². The second kappa shape index (κ2) is 10.4. The van der Waals surface area contributed by atoms with Crippen LogP contribution in [0.25, 0.3) is 33.0 Å². The van der Waals surface area contributed by atoms with Crippen molar-refractivity contribution in [2.75, 3.05) is 4.90 Å². The van der Waals surface area contributed by atoms with Crippen molar-refractivity contribution in [3.8, 4) is 11.1 Å². The second-order valence-corrected chi connectivity index (χ2v) is 12.9. The Morgan fingerprint density at radius 1 is 0.479 bits per heavy atom. The van der Waals surface area contributed by atoms with Crippen LogP contribution < -0.4 is 4.90 Å². The lowest BCUT2D eigenvalue weighted by molar-refractivity contribution is -0.131. The van der Waals surface area contributed by atoms with Crippen LogP contribution in [-0.2, 0) is 24.5 Å². The number of para-hydroxylation sites is 2. The van der Waals surface area contributed by atoms with Gasteiger partial charge in [0.2, 0.25) is 0 Å². The number of hydrogen-bond acceptors (Lipinski definition) is 5. The molecule has 0 saturated heterocycles. The summed E-state index contributed by atoms with van der Waals surface area (Å²) >= 11 is 0. The lowest BCUT2D eigenvalue weighted by Crippen LogP contribution is -2.17. The molecule has 6 aromatic rings. The predicted octanol–water partition coefficient (Wildman–Crippen LogP) is 9.85. The first-order valence-corrected chi connectivity index (χ1v) is 16.0. The topological polar surface area (TPSA) is 55.8 Å². The smallest absolute Gasteiger partial charge is 0.348 e. The lowest BCUT2D eigenvalue weighted by Gasteiger charge is -2.28. The minimum atomic E-state index is -0.525. The number of carbonyl (C=O) groups is 2. The van der Waals surface area contributed by atoms with Gasteiger partial charge in [-0.3, -0.25) is 0 Å². The van der Waals surface area contributed by atoms with Gasteiger partial charge in [-0.05, 0) is 92.7 Å². The molecular weight excluding hydrogens is 594 g/mol. The molecule has 0 N–H and O–H groups in total. The Morgan fingerprint density at radius 2 is 0.979 bits per heavy atom. The van der Waals surface area contributed by atoms with Crippen LogP contribution in [-0.4, -0.2) is 11.9 Å². The average molecular weight is 624 g/mol. The summed E-state index contributed by atoms with van der Waals surface area (Å²) in [5.41, 5.74) is 9.25. The number of rotatable bonds is 5. The van der Waals surface area contributed by atoms with Crippen LogP contribution in [0.3, 0.4) is 0 Å². The molecule has 0 bridgehead atoms. The molecule has 0 saturated carbocycles. The Bertz CT molecular complexity index is 2360. The monoisotopic (exact) mass is 623 g/mol. The Labute approximate surface area is 278 Å². The van der Waals surface area contributed by atoms with E-state index in [1.807, 2.05) is 60.7 Å². The van der Waals surface area contributed by atoms with E-state index >= 15 is 0 Å². The van der Waals surface area contributed by atoms with Crippen molar-refractivity contribution < 1.29 is 19.1 Å². The van der Waals surface area contributed by atoms with Gasteiger partial charge in [-0.15, -0.1) is 0 Å². The molecule has 3 aliphatic rings. The van der Waals surface area contributed by atoms with Crippen LogP contribution in [0, 0.1) is 0 Å². The van der Waals surface area contributed by atoms with Gasteiger partial charge in [0.15, 0.2) is 11.5 Å². The molecule has 5 nitrogen and oxygen atoms in total. The van der Waals surface area contributed by atoms with E-state index in [9.17, 15) is 9.59 Å². The van der Waals surface area contributed by atoms with Gasteiger partial charge in [0.1, 0.15) is 11.1 Å². The zero-order valence-electron chi connectivity index (χ0n) is 26.4. The molecule has 0 amide bonds. The molecule has 0 spiro atoms. The summed E-state index contributed by atoms with van der Waals surface area (Å²) in [7, 11) is 0. The highest BCUT2D eigenvalue weighted by atomic mass is 16.6. The van der Waals surface area contributed by atoms with E-state index in [0.717, 1.165) is 44.5 Å². The van der Waals surface area contributed by atoms with E-state index in [1.54, 1.807) is 0 Å². The van der Waals surface area contributed by atoms with Gasteiger partial charge in [-0.1, -0.05) is 105 Å². The van der Waals surface area contributed by atoms with Crippen molar-refractivity contribution in [2.45, 2.75) is 19.3 Å². The van der Waals surface area contributed by atoms with E-state index in [4.69, 9.17) is 9.47 Å². The summed E-state index contributed by atoms with van der Waals surface area (Å²) in [5, 5.41) is 2.04. The van der Waals surface area contributed by atoms with Crippen LogP contribution >= 0.6 is 0 Å². The Kier molecular flexibility index (Phi) is 6.08. The Balaban J connectivity index is 1.13. The van der Waals surface area contributed by atoms with Gasteiger partial charge in [0.05, 0.1) is 0 Å². The summed E-state index contributed by atoms with van der Waals surface area (Å²) in [4.78, 5) is 28.9. The highest BCUT2D eigenvalue weighted by molar-refractivity contribution is 6.29. The zero-order valence-corrected chi connectivity index (χ0v) is 26.4. The van der Waals surface area contributed by atoms with Crippen molar-refractivity contribution in [1.29, 1.82) is 0 Å². The highest BCUT2D eigenvalue weighted by Gasteiger charge is 2.45. The minimum Gasteiger partial charge on any atom is -0.418 e. The number of carbonyl (C=O) groups excluding carboxylic acids is 2. The summed E-state index contributed by atoms with van der Waals surface area (Å²) in [5.74, 6) is -0.680. The van der Waals surface area contributed by atoms with E-state index < -0.39 is 11.9 Å². The largest absolute Gasteiger partial charge is 0.418 e. The van der Waals surface area contributed by atoms with Crippen LogP contribution in [0.5, 0.6) is 0 Å². The molecule has 6 aromatic carbocycles. The standard InChI is InChI=1S/C43H29NO4/c1-43(2)35-24-29(38-40-39(47-42(38)46)37(41(45)48-40)28-18-17-26-11-9-10-12-27(26)23-28)19-21-33(35)34-22-20-32(25-36(34)43)44(30-13-5-3-6-14-30)31-15-7-4-8-16-31/h3-25H,1-2H3. The fraction of sp³-hybridized carbons (Fsp3) is 0.0698. The molecule has 1 aliphatic carbocycles. The first kappa shape index (κ1) is 28.1. The van der Waals surface area contributed by atoms with Gasteiger partial charge < -0.3 is 14.4 Å². The Hall–Kier alpha value is -6.20. The molecule has 5 heteroatoms. The van der Waals surface area contributed by atoms with Gasteiger partial charge >= 0.3 is 11.9 Å². The molecule has 9 rings (SSSR count). The first-order valence-electron chi connectivity index (χ1n) is 16.0. The summed E-state index contributed by atoms with van der Waals surface area (Å²) in [6.45, 7) is 4.42. The van der Waals surface area contributed by atoms with Crippen LogP contribution in [0.1, 0.15) is 36.1 Å². The number of fused-ring (bicyclic) bond motifs is 5. The molecule has 0 unspecified atom stereocenters. The van der Waals surface area contributed by atoms with Gasteiger partial charge in [0.25, 0.3) is 0 Å². The SMILES string of the molecule is CC1(C)c2cc(C3=C4OC(=O)C(c5ccc6ccccc6c5)=C4OC3=O)ccc2-c2ccc(N(c3ccccc3)c3ccccc3)cc21. The van der Waals surface area contributed by atoms with E-state index in [1.165, 1.54) is 5.56 Å². The highest BCUT2D eigenvalue weighted by Crippen LogP contribution is 2.52. The molecule has 0 fully saturated rings. The first-order chi connectivity index (χ1) is 23.4. The van der Waals surface area contributed by atoms with Crippen molar-refractivity contribution >= 4 is 50.9 Å². The van der Waals surface area contributed by atoms with Crippen molar-refractivity contribution in [2.24, 2.45) is 0 Å². The predicted molar refractivity (Wildman–Crippen MR) is 189 cm³/mol. The number of hydrogen-bond donors (Lipinski definition) is 0. The quantitative estimate of drug-likeness (QED) is 0.179. The minimum absolute atomic E-state index is 0.185. The maximum Gasteiger partial charge on any atom is 0.348 e. The maximum absolute atomic E-state index is 13.4. The molecule has 2 heterocycles. The van der Waals surface area contributed by atoms with Gasteiger partial charge in [-0.2, -0.15) is 0 Å². The van der Waals surface area contributed by atoms with Gasteiger partial charge in [-0.25, -0.2) is 9.59 Å². The van der Waals surface area contributed by atoms with E-state index in [-0.39, 0.29) is 28.1 Å². The Morgan fingerprint density at radius 3 is 1.60 bits per heavy atom. The third-order valence-corrected chi connectivity index (χ3v) is 9.73. The molecule has 48 heavy (non-hydrogen) atoms. The van der Waals surface area contributed by atoms with Gasteiger partial charge in [0, 0.05) is 22.5 Å². The number of benzene rings is 6. The average Bonchev–Trinajstić information content (AvgIpc) is 3.68. The number of nitrogens with zero attached hydrogens (tertiary/aromatic N) is 1. The van der Waals surface area contributed by atoms with Crippen LogP contribution in [0.15, 0.2) is 151 Å². The summed E-state index contributed by atoms with van der Waals surface area (Å²) in [6, 6.07) is 47.1. The fourth-order valence-electron chi connectivity index (χ4n) is 7.36. The third-order valence-electron chi connectivity index (χ3n) is 9.73. The molecule has 230 valence electrons. The molecule has 0 radical (unpaired) electrons. The normalized spacial score (nSPS) is 15.7. The second-order valence-electron chi connectivity index (χ2n) is 12.9. The fourth-order valence-corrected chi connectivity index (χ4v) is 7.36. The van der Waals surface area contributed by atoms with E-state index in [0.29, 0.717) is 11.1 Å². The number of anilines is 3. The zero-order chi connectivity index (χ0) is 32.6. The third kappa shape index (κ3) is 4.17. The van der Waals surface area contributed by atoms with Crippen molar-refractivity contribution in [3.05, 3.63) is 173 Å².